The highest BCUT2D eigenvalue weighted by molar-refractivity contribution is 9.10. The maximum absolute atomic E-state index is 12.6. The maximum Gasteiger partial charge on any atom is 0.232 e. The Labute approximate surface area is 131 Å². The highest BCUT2D eigenvalue weighted by Crippen LogP contribution is 2.34. The Kier molecular flexibility index (Phi) is 3.92. The molecule has 1 amide bonds. The lowest BCUT2D eigenvalue weighted by Gasteiger charge is -2.25. The standard InChI is InChI=1S/C16H15BrN2O2/c1-10-13(6-7-15(17)18-10)19-16(20)12-8-9-21-14-5-3-2-4-11(12)14/h2-7,12H,8-9H2,1H3,(H,19,20). The van der Waals surface area contributed by atoms with Gasteiger partial charge in [-0.15, -0.1) is 0 Å². The molecule has 1 aromatic carbocycles. The van der Waals surface area contributed by atoms with Crippen molar-refractivity contribution in [2.75, 3.05) is 11.9 Å². The van der Waals surface area contributed by atoms with Crippen LogP contribution in [-0.4, -0.2) is 17.5 Å². The second-order valence-electron chi connectivity index (χ2n) is 4.98. The van der Waals surface area contributed by atoms with Gasteiger partial charge in [-0.1, -0.05) is 18.2 Å². The summed E-state index contributed by atoms with van der Waals surface area (Å²) in [6, 6.07) is 11.4. The lowest BCUT2D eigenvalue weighted by Crippen LogP contribution is -2.26. The number of pyridine rings is 1. The van der Waals surface area contributed by atoms with E-state index in [9.17, 15) is 4.79 Å². The SMILES string of the molecule is Cc1nc(Br)ccc1NC(=O)C1CCOc2ccccc21. The van der Waals surface area contributed by atoms with Crippen LogP contribution in [0.5, 0.6) is 5.75 Å². The number of carbonyl (C=O) groups excluding carboxylic acids is 1. The van der Waals surface area contributed by atoms with E-state index in [-0.39, 0.29) is 11.8 Å². The molecule has 1 unspecified atom stereocenters. The summed E-state index contributed by atoms with van der Waals surface area (Å²) in [6.45, 7) is 2.44. The van der Waals surface area contributed by atoms with Crippen LogP contribution >= 0.6 is 15.9 Å². The summed E-state index contributed by atoms with van der Waals surface area (Å²) >= 11 is 3.32. The van der Waals surface area contributed by atoms with Crippen LogP contribution in [-0.2, 0) is 4.79 Å². The Bertz CT molecular complexity index is 688. The molecule has 0 saturated carbocycles. The number of halogens is 1. The average molecular weight is 347 g/mol. The minimum Gasteiger partial charge on any atom is -0.493 e. The van der Waals surface area contributed by atoms with E-state index in [1.807, 2.05) is 43.3 Å². The Balaban J connectivity index is 1.83. The topological polar surface area (TPSA) is 51.2 Å². The van der Waals surface area contributed by atoms with Crippen molar-refractivity contribution in [1.29, 1.82) is 0 Å². The molecule has 2 aromatic rings. The normalized spacial score (nSPS) is 16.8. The number of rotatable bonds is 2. The van der Waals surface area contributed by atoms with Crippen molar-refractivity contribution >= 4 is 27.5 Å². The van der Waals surface area contributed by atoms with Gasteiger partial charge < -0.3 is 10.1 Å². The van der Waals surface area contributed by atoms with Gasteiger partial charge in [0, 0.05) is 5.56 Å². The first-order valence-electron chi connectivity index (χ1n) is 6.81. The van der Waals surface area contributed by atoms with Crippen LogP contribution < -0.4 is 10.1 Å². The lowest BCUT2D eigenvalue weighted by atomic mass is 9.92. The molecule has 0 fully saturated rings. The molecule has 2 heterocycles. The number of anilines is 1. The van der Waals surface area contributed by atoms with E-state index in [0.29, 0.717) is 13.0 Å². The van der Waals surface area contributed by atoms with Crippen molar-refractivity contribution in [3.05, 3.63) is 52.3 Å². The van der Waals surface area contributed by atoms with Crippen molar-refractivity contribution in [2.45, 2.75) is 19.3 Å². The van der Waals surface area contributed by atoms with Crippen LogP contribution in [0.25, 0.3) is 0 Å². The average Bonchev–Trinajstić information content (AvgIpc) is 2.49. The summed E-state index contributed by atoms with van der Waals surface area (Å²) in [5.41, 5.74) is 2.48. The molecular formula is C16H15BrN2O2. The van der Waals surface area contributed by atoms with Crippen LogP contribution in [0.15, 0.2) is 41.0 Å². The highest BCUT2D eigenvalue weighted by Gasteiger charge is 2.27. The van der Waals surface area contributed by atoms with E-state index < -0.39 is 0 Å². The van der Waals surface area contributed by atoms with Crippen LogP contribution in [0.2, 0.25) is 0 Å². The third kappa shape index (κ3) is 2.93. The van der Waals surface area contributed by atoms with Gasteiger partial charge in [-0.25, -0.2) is 4.98 Å². The zero-order valence-corrected chi connectivity index (χ0v) is 13.2. The largest absolute Gasteiger partial charge is 0.493 e. The molecule has 1 aliphatic rings. The summed E-state index contributed by atoms with van der Waals surface area (Å²) in [6.07, 6.45) is 0.686. The van der Waals surface area contributed by atoms with Gasteiger partial charge in [-0.3, -0.25) is 4.79 Å². The Morgan fingerprint density at radius 2 is 2.14 bits per heavy atom. The number of para-hydroxylation sites is 1. The smallest absolute Gasteiger partial charge is 0.232 e. The molecule has 108 valence electrons. The number of hydrogen-bond acceptors (Lipinski definition) is 3. The van der Waals surface area contributed by atoms with Gasteiger partial charge in [0.1, 0.15) is 10.4 Å². The van der Waals surface area contributed by atoms with Gasteiger partial charge in [0.15, 0.2) is 0 Å². The van der Waals surface area contributed by atoms with Crippen molar-refractivity contribution in [3.8, 4) is 5.75 Å². The zero-order valence-electron chi connectivity index (χ0n) is 11.6. The Morgan fingerprint density at radius 3 is 2.95 bits per heavy atom. The quantitative estimate of drug-likeness (QED) is 0.844. The predicted molar refractivity (Wildman–Crippen MR) is 84.6 cm³/mol. The van der Waals surface area contributed by atoms with E-state index in [4.69, 9.17) is 4.74 Å². The van der Waals surface area contributed by atoms with Crippen LogP contribution in [0.3, 0.4) is 0 Å². The number of benzene rings is 1. The summed E-state index contributed by atoms with van der Waals surface area (Å²) < 4.78 is 6.35. The van der Waals surface area contributed by atoms with Crippen LogP contribution in [0.4, 0.5) is 5.69 Å². The fourth-order valence-corrected chi connectivity index (χ4v) is 2.89. The first kappa shape index (κ1) is 14.1. The van der Waals surface area contributed by atoms with Gasteiger partial charge in [0.05, 0.1) is 23.9 Å². The molecule has 0 aliphatic carbocycles. The summed E-state index contributed by atoms with van der Waals surface area (Å²) in [5.74, 6) is 0.602. The predicted octanol–water partition coefficient (Wildman–Crippen LogP) is 3.66. The molecule has 4 nitrogen and oxygen atoms in total. The summed E-state index contributed by atoms with van der Waals surface area (Å²) in [5, 5.41) is 2.97. The number of aryl methyl sites for hydroxylation is 1. The summed E-state index contributed by atoms with van der Waals surface area (Å²) in [4.78, 5) is 16.9. The van der Waals surface area contributed by atoms with Crippen LogP contribution in [0, 0.1) is 6.92 Å². The van der Waals surface area contributed by atoms with E-state index in [0.717, 1.165) is 27.3 Å². The van der Waals surface area contributed by atoms with Crippen molar-refractivity contribution in [3.63, 3.8) is 0 Å². The fraction of sp³-hybridized carbons (Fsp3) is 0.250. The molecule has 1 atom stereocenters. The third-order valence-electron chi connectivity index (χ3n) is 3.58. The van der Waals surface area contributed by atoms with Crippen molar-refractivity contribution < 1.29 is 9.53 Å². The van der Waals surface area contributed by atoms with Crippen molar-refractivity contribution in [1.82, 2.24) is 4.98 Å². The molecule has 1 N–H and O–H groups in total. The fourth-order valence-electron chi connectivity index (χ4n) is 2.50. The van der Waals surface area contributed by atoms with Gasteiger partial charge in [-0.2, -0.15) is 0 Å². The second kappa shape index (κ2) is 5.85. The van der Waals surface area contributed by atoms with Gasteiger partial charge in [0.2, 0.25) is 5.91 Å². The molecule has 5 heteroatoms. The molecule has 1 aromatic heterocycles. The first-order chi connectivity index (χ1) is 10.1. The monoisotopic (exact) mass is 346 g/mol. The highest BCUT2D eigenvalue weighted by atomic mass is 79.9. The Hall–Kier alpha value is -1.88. The minimum absolute atomic E-state index is 0.0158. The molecule has 0 saturated heterocycles. The zero-order chi connectivity index (χ0) is 14.8. The number of amides is 1. The van der Waals surface area contributed by atoms with Gasteiger partial charge >= 0.3 is 0 Å². The molecule has 1 aliphatic heterocycles. The van der Waals surface area contributed by atoms with E-state index >= 15 is 0 Å². The molecular weight excluding hydrogens is 332 g/mol. The number of ether oxygens (including phenoxy) is 1. The number of hydrogen-bond donors (Lipinski definition) is 1. The van der Waals surface area contributed by atoms with E-state index in [1.54, 1.807) is 0 Å². The second-order valence-corrected chi connectivity index (χ2v) is 5.80. The number of nitrogens with zero attached hydrogens (tertiary/aromatic N) is 1. The molecule has 0 spiro atoms. The molecule has 3 rings (SSSR count). The van der Waals surface area contributed by atoms with Gasteiger partial charge in [0.25, 0.3) is 0 Å². The number of fused-ring (bicyclic) bond motifs is 1. The number of carbonyl (C=O) groups is 1. The molecule has 0 radical (unpaired) electrons. The summed E-state index contributed by atoms with van der Waals surface area (Å²) in [7, 11) is 0. The third-order valence-corrected chi connectivity index (χ3v) is 4.03. The Morgan fingerprint density at radius 1 is 1.33 bits per heavy atom. The van der Waals surface area contributed by atoms with Crippen molar-refractivity contribution in [2.24, 2.45) is 0 Å². The van der Waals surface area contributed by atoms with Crippen LogP contribution in [0.1, 0.15) is 23.6 Å². The number of aromatic nitrogens is 1. The van der Waals surface area contributed by atoms with Gasteiger partial charge in [-0.05, 0) is 47.5 Å². The molecule has 21 heavy (non-hydrogen) atoms. The maximum atomic E-state index is 12.6. The van der Waals surface area contributed by atoms with E-state index in [2.05, 4.69) is 26.2 Å². The first-order valence-corrected chi connectivity index (χ1v) is 7.60. The number of nitrogens with one attached hydrogen (secondary N) is 1. The molecule has 0 bridgehead atoms. The van der Waals surface area contributed by atoms with E-state index in [1.165, 1.54) is 0 Å². The lowest BCUT2D eigenvalue weighted by molar-refractivity contribution is -0.118. The minimum atomic E-state index is -0.182.